The summed E-state index contributed by atoms with van der Waals surface area (Å²) in [4.78, 5) is 25.9. The van der Waals surface area contributed by atoms with Gasteiger partial charge in [-0.15, -0.1) is 0 Å². The van der Waals surface area contributed by atoms with Crippen molar-refractivity contribution < 1.29 is 23.8 Å². The zero-order valence-corrected chi connectivity index (χ0v) is 19.1. The van der Waals surface area contributed by atoms with E-state index in [2.05, 4.69) is 10.6 Å². The minimum atomic E-state index is -0.555. The van der Waals surface area contributed by atoms with Crippen LogP contribution in [0.25, 0.3) is 6.08 Å². The highest BCUT2D eigenvalue weighted by atomic mass is 35.5. The third-order valence-corrected chi connectivity index (χ3v) is 4.98. The highest BCUT2D eigenvalue weighted by Crippen LogP contribution is 2.38. The van der Waals surface area contributed by atoms with Crippen LogP contribution in [-0.4, -0.2) is 33.1 Å². The molecule has 170 valence electrons. The van der Waals surface area contributed by atoms with Gasteiger partial charge >= 0.3 is 0 Å². The fourth-order valence-electron chi connectivity index (χ4n) is 3.05. The predicted octanol–water partition coefficient (Wildman–Crippen LogP) is 4.78. The average molecular weight is 467 g/mol. The maximum Gasteiger partial charge on any atom is 0.272 e. The Hall–Kier alpha value is -3.97. The molecular weight excluding hydrogens is 444 g/mol. The first-order chi connectivity index (χ1) is 16.0. The number of para-hydroxylation sites is 1. The number of hydrogen-bond acceptors (Lipinski definition) is 5. The predicted molar refractivity (Wildman–Crippen MR) is 128 cm³/mol. The number of amides is 2. The molecule has 0 heterocycles. The lowest BCUT2D eigenvalue weighted by Gasteiger charge is -2.15. The second-order valence-electron chi connectivity index (χ2n) is 6.77. The molecule has 0 saturated carbocycles. The maximum atomic E-state index is 13.1. The second kappa shape index (κ2) is 11.1. The number of methoxy groups -OCH3 is 3. The number of carbonyl (C=O) groups excluding carboxylic acids is 2. The van der Waals surface area contributed by atoms with Crippen LogP contribution in [0.3, 0.4) is 0 Å². The lowest BCUT2D eigenvalue weighted by Crippen LogP contribution is -2.30. The van der Waals surface area contributed by atoms with Crippen LogP contribution in [0.1, 0.15) is 15.9 Å². The van der Waals surface area contributed by atoms with Crippen LogP contribution < -0.4 is 24.8 Å². The van der Waals surface area contributed by atoms with Gasteiger partial charge in [-0.3, -0.25) is 9.59 Å². The number of benzene rings is 3. The number of hydrogen-bond donors (Lipinski definition) is 2. The molecule has 0 atom stereocenters. The number of ether oxygens (including phenoxy) is 3. The van der Waals surface area contributed by atoms with E-state index in [-0.39, 0.29) is 5.70 Å². The van der Waals surface area contributed by atoms with E-state index in [1.165, 1.54) is 27.4 Å². The van der Waals surface area contributed by atoms with Crippen LogP contribution in [0.4, 0.5) is 5.69 Å². The fourth-order valence-corrected chi connectivity index (χ4v) is 3.23. The summed E-state index contributed by atoms with van der Waals surface area (Å²) in [5, 5.41) is 5.77. The Kier molecular flexibility index (Phi) is 7.94. The Balaban J connectivity index is 2.02. The van der Waals surface area contributed by atoms with Crippen molar-refractivity contribution in [3.05, 3.63) is 88.6 Å². The third kappa shape index (κ3) is 5.84. The standard InChI is InChI=1S/C25H23ClN2O5/c1-31-21-14-16(15-22(32-2)23(21)33-3)13-20(28-24(29)17-9-5-4-6-10-17)25(30)27-19-12-8-7-11-18(19)26/h4-15H,1-3H3,(H,27,30)(H,28,29). The smallest absolute Gasteiger partial charge is 0.272 e. The van der Waals surface area contributed by atoms with Gasteiger partial charge in [-0.25, -0.2) is 0 Å². The SMILES string of the molecule is COc1cc(C=C(NC(=O)c2ccccc2)C(=O)Nc2ccccc2Cl)cc(OC)c1OC. The van der Waals surface area contributed by atoms with E-state index >= 15 is 0 Å². The first-order valence-corrected chi connectivity index (χ1v) is 10.3. The highest BCUT2D eigenvalue weighted by Gasteiger charge is 2.18. The number of carbonyl (C=O) groups is 2. The van der Waals surface area contributed by atoms with Crippen molar-refractivity contribution in [3.8, 4) is 17.2 Å². The Morgan fingerprint density at radius 2 is 1.45 bits per heavy atom. The van der Waals surface area contributed by atoms with E-state index in [0.29, 0.717) is 39.1 Å². The summed E-state index contributed by atoms with van der Waals surface area (Å²) in [5.41, 5.74) is 1.35. The Morgan fingerprint density at radius 3 is 2.03 bits per heavy atom. The minimum Gasteiger partial charge on any atom is -0.493 e. The van der Waals surface area contributed by atoms with Gasteiger partial charge in [0.1, 0.15) is 5.70 Å². The summed E-state index contributed by atoms with van der Waals surface area (Å²) < 4.78 is 16.1. The quantitative estimate of drug-likeness (QED) is 0.467. The van der Waals surface area contributed by atoms with Gasteiger partial charge in [-0.05, 0) is 48.0 Å². The fraction of sp³-hybridized carbons (Fsp3) is 0.120. The van der Waals surface area contributed by atoms with E-state index < -0.39 is 11.8 Å². The molecule has 8 heteroatoms. The molecule has 0 radical (unpaired) electrons. The molecular formula is C25H23ClN2O5. The van der Waals surface area contributed by atoms with E-state index in [1.54, 1.807) is 66.7 Å². The van der Waals surface area contributed by atoms with Crippen molar-refractivity contribution >= 4 is 35.2 Å². The molecule has 0 unspecified atom stereocenters. The molecule has 3 rings (SSSR count). The summed E-state index contributed by atoms with van der Waals surface area (Å²) in [6.07, 6.45) is 1.51. The summed E-state index contributed by atoms with van der Waals surface area (Å²) >= 11 is 6.18. The van der Waals surface area contributed by atoms with Crippen LogP contribution in [0.5, 0.6) is 17.2 Å². The van der Waals surface area contributed by atoms with Crippen LogP contribution in [0.2, 0.25) is 5.02 Å². The van der Waals surface area contributed by atoms with Crippen LogP contribution in [-0.2, 0) is 4.79 Å². The van der Waals surface area contributed by atoms with Gasteiger partial charge < -0.3 is 24.8 Å². The number of nitrogens with one attached hydrogen (secondary N) is 2. The van der Waals surface area contributed by atoms with Gasteiger partial charge in [0.2, 0.25) is 5.75 Å². The van der Waals surface area contributed by atoms with E-state index in [1.807, 2.05) is 0 Å². The molecule has 2 N–H and O–H groups in total. The zero-order chi connectivity index (χ0) is 23.8. The highest BCUT2D eigenvalue weighted by molar-refractivity contribution is 6.34. The molecule has 3 aromatic rings. The normalized spacial score (nSPS) is 10.8. The van der Waals surface area contributed by atoms with Crippen molar-refractivity contribution in [2.75, 3.05) is 26.6 Å². The van der Waals surface area contributed by atoms with Gasteiger partial charge in [0, 0.05) is 5.56 Å². The molecule has 0 bridgehead atoms. The Labute approximate surface area is 196 Å². The molecule has 7 nitrogen and oxygen atoms in total. The number of anilines is 1. The first-order valence-electron chi connectivity index (χ1n) is 9.90. The van der Waals surface area contributed by atoms with Gasteiger partial charge in [0.15, 0.2) is 11.5 Å². The summed E-state index contributed by atoms with van der Waals surface area (Å²) in [5.74, 6) is 0.226. The lowest BCUT2D eigenvalue weighted by molar-refractivity contribution is -0.113. The van der Waals surface area contributed by atoms with Gasteiger partial charge in [0.05, 0.1) is 32.0 Å². The van der Waals surface area contributed by atoms with E-state index in [4.69, 9.17) is 25.8 Å². The maximum absolute atomic E-state index is 13.1. The largest absolute Gasteiger partial charge is 0.493 e. The van der Waals surface area contributed by atoms with Crippen molar-refractivity contribution in [2.24, 2.45) is 0 Å². The molecule has 0 aliphatic heterocycles. The third-order valence-electron chi connectivity index (χ3n) is 4.65. The lowest BCUT2D eigenvalue weighted by atomic mass is 10.1. The van der Waals surface area contributed by atoms with Gasteiger partial charge in [-0.1, -0.05) is 41.9 Å². The van der Waals surface area contributed by atoms with Crippen LogP contribution in [0.15, 0.2) is 72.4 Å². The molecule has 0 fully saturated rings. The summed E-state index contributed by atoms with van der Waals surface area (Å²) in [6.45, 7) is 0. The monoisotopic (exact) mass is 466 g/mol. The van der Waals surface area contributed by atoms with E-state index in [9.17, 15) is 9.59 Å². The zero-order valence-electron chi connectivity index (χ0n) is 18.3. The summed E-state index contributed by atoms with van der Waals surface area (Å²) in [6, 6.07) is 18.7. The second-order valence-corrected chi connectivity index (χ2v) is 7.18. The van der Waals surface area contributed by atoms with Crippen molar-refractivity contribution in [3.63, 3.8) is 0 Å². The number of rotatable bonds is 8. The molecule has 0 saturated heterocycles. The minimum absolute atomic E-state index is 0.00181. The van der Waals surface area contributed by atoms with Crippen molar-refractivity contribution in [1.29, 1.82) is 0 Å². The molecule has 2 amide bonds. The average Bonchev–Trinajstić information content (AvgIpc) is 2.84. The molecule has 3 aromatic carbocycles. The van der Waals surface area contributed by atoms with E-state index in [0.717, 1.165) is 0 Å². The molecule has 33 heavy (non-hydrogen) atoms. The molecule has 0 spiro atoms. The van der Waals surface area contributed by atoms with Crippen molar-refractivity contribution in [1.82, 2.24) is 5.32 Å². The Morgan fingerprint density at radius 1 is 0.848 bits per heavy atom. The number of halogens is 1. The Bertz CT molecular complexity index is 1150. The topological polar surface area (TPSA) is 85.9 Å². The van der Waals surface area contributed by atoms with Crippen LogP contribution >= 0.6 is 11.6 Å². The summed E-state index contributed by atoms with van der Waals surface area (Å²) in [7, 11) is 4.48. The van der Waals surface area contributed by atoms with Crippen molar-refractivity contribution in [2.45, 2.75) is 0 Å². The molecule has 0 aliphatic carbocycles. The van der Waals surface area contributed by atoms with Gasteiger partial charge in [0.25, 0.3) is 11.8 Å². The van der Waals surface area contributed by atoms with Gasteiger partial charge in [-0.2, -0.15) is 0 Å². The first kappa shape index (κ1) is 23.7. The molecule has 0 aromatic heterocycles. The molecule has 0 aliphatic rings. The van der Waals surface area contributed by atoms with Crippen LogP contribution in [0, 0.1) is 0 Å².